The van der Waals surface area contributed by atoms with Crippen LogP contribution in [0.4, 0.5) is 0 Å². The van der Waals surface area contributed by atoms with Crippen LogP contribution < -0.4 is 0 Å². The van der Waals surface area contributed by atoms with Crippen LogP contribution in [0.2, 0.25) is 0 Å². The van der Waals surface area contributed by atoms with Crippen molar-refractivity contribution in [3.63, 3.8) is 0 Å². The number of carbonyl (C=O) groups excluding carboxylic acids is 1. The molecule has 0 bridgehead atoms. The highest BCUT2D eigenvalue weighted by Gasteiger charge is 2.41. The number of hydrogen-bond acceptors (Lipinski definition) is 4. The van der Waals surface area contributed by atoms with Gasteiger partial charge in [-0.25, -0.2) is 4.79 Å². The first-order valence-electron chi connectivity index (χ1n) is 11.0. The molecule has 4 heteroatoms. The Bertz CT molecular complexity index is 1370. The molecule has 1 fully saturated rings. The summed E-state index contributed by atoms with van der Waals surface area (Å²) in [6, 6.07) is 25.1. The zero-order chi connectivity index (χ0) is 23.1. The lowest BCUT2D eigenvalue weighted by atomic mass is 9.90. The molecule has 0 spiro atoms. The highest BCUT2D eigenvalue weighted by Crippen LogP contribution is 2.43. The van der Waals surface area contributed by atoms with Crippen molar-refractivity contribution in [1.82, 2.24) is 0 Å². The Balaban J connectivity index is 1.63. The number of hydrogen-bond donors (Lipinski definition) is 0. The molecule has 4 aromatic carbocycles. The third-order valence-electron chi connectivity index (χ3n) is 6.46. The van der Waals surface area contributed by atoms with E-state index in [0.29, 0.717) is 5.56 Å². The summed E-state index contributed by atoms with van der Waals surface area (Å²) < 4.78 is 16.0. The van der Waals surface area contributed by atoms with Gasteiger partial charge in [-0.1, -0.05) is 60.7 Å². The minimum absolute atomic E-state index is 0.00946. The van der Waals surface area contributed by atoms with E-state index < -0.39 is 0 Å². The molecule has 0 aromatic heterocycles. The second-order valence-electron chi connectivity index (χ2n) is 8.46. The number of ether oxygens (including phenoxy) is 3. The lowest BCUT2D eigenvalue weighted by Crippen LogP contribution is -2.03. The van der Waals surface area contributed by atoms with Gasteiger partial charge in [-0.05, 0) is 75.7 Å². The normalized spacial score (nSPS) is 17.2. The van der Waals surface area contributed by atoms with Gasteiger partial charge in [0.15, 0.2) is 6.29 Å². The fourth-order valence-corrected chi connectivity index (χ4v) is 4.55. The van der Waals surface area contributed by atoms with Crippen LogP contribution in [0.25, 0.3) is 33.0 Å². The van der Waals surface area contributed by atoms with Crippen LogP contribution in [0.1, 0.15) is 33.2 Å². The first kappa shape index (κ1) is 21.4. The monoisotopic (exact) mass is 438 g/mol. The number of aryl methyl sites for hydroxylation is 2. The van der Waals surface area contributed by atoms with Gasteiger partial charge in [0, 0.05) is 7.11 Å². The Hall–Kier alpha value is -3.47. The van der Waals surface area contributed by atoms with Gasteiger partial charge in [-0.3, -0.25) is 0 Å². The maximum atomic E-state index is 12.2. The number of methoxy groups -OCH3 is 2. The standard InChI is InChI=1S/C29H26O4/c1-17-11-13-19(15-25(17)27-29(32-4)33-27)21-7-5-10-24-22(8-6-9-23(21)24)20-14-12-18(2)26(16-20)28(30)31-3/h5-16,27,29H,1-4H3. The second kappa shape index (κ2) is 8.47. The minimum atomic E-state index is -0.320. The molecule has 0 N–H and O–H groups in total. The molecule has 0 amide bonds. The van der Waals surface area contributed by atoms with E-state index in [0.717, 1.165) is 44.2 Å². The molecular formula is C29H26O4. The van der Waals surface area contributed by atoms with E-state index in [9.17, 15) is 4.79 Å². The average molecular weight is 439 g/mol. The van der Waals surface area contributed by atoms with Crippen LogP contribution in [-0.2, 0) is 14.2 Å². The van der Waals surface area contributed by atoms with Gasteiger partial charge in [-0.2, -0.15) is 0 Å². The smallest absolute Gasteiger partial charge is 0.338 e. The first-order valence-corrected chi connectivity index (χ1v) is 11.0. The third kappa shape index (κ3) is 3.82. The molecular weight excluding hydrogens is 412 g/mol. The molecule has 1 aliphatic heterocycles. The van der Waals surface area contributed by atoms with Gasteiger partial charge in [-0.15, -0.1) is 0 Å². The second-order valence-corrected chi connectivity index (χ2v) is 8.46. The maximum absolute atomic E-state index is 12.2. The van der Waals surface area contributed by atoms with E-state index in [2.05, 4.69) is 67.6 Å². The quantitative estimate of drug-likeness (QED) is 0.259. The molecule has 2 atom stereocenters. The van der Waals surface area contributed by atoms with E-state index in [1.54, 1.807) is 7.11 Å². The van der Waals surface area contributed by atoms with Crippen molar-refractivity contribution in [1.29, 1.82) is 0 Å². The molecule has 4 nitrogen and oxygen atoms in total. The zero-order valence-electron chi connectivity index (χ0n) is 19.2. The molecule has 33 heavy (non-hydrogen) atoms. The Morgan fingerprint density at radius 2 is 1.39 bits per heavy atom. The lowest BCUT2D eigenvalue weighted by molar-refractivity contribution is 0.0600. The summed E-state index contributed by atoms with van der Waals surface area (Å²) in [4.78, 5) is 12.2. The van der Waals surface area contributed by atoms with Crippen LogP contribution >= 0.6 is 0 Å². The summed E-state index contributed by atoms with van der Waals surface area (Å²) in [6.45, 7) is 4.02. The Kier molecular flexibility index (Phi) is 5.49. The van der Waals surface area contributed by atoms with Gasteiger partial charge in [0.05, 0.1) is 12.7 Å². The van der Waals surface area contributed by atoms with Crippen molar-refractivity contribution >= 4 is 16.7 Å². The Labute approximate surface area is 193 Å². The summed E-state index contributed by atoms with van der Waals surface area (Å²) in [6.07, 6.45) is -0.173. The summed E-state index contributed by atoms with van der Waals surface area (Å²) in [5.74, 6) is -0.320. The fourth-order valence-electron chi connectivity index (χ4n) is 4.55. The minimum Gasteiger partial charge on any atom is -0.465 e. The van der Waals surface area contributed by atoms with Crippen molar-refractivity contribution in [2.75, 3.05) is 14.2 Å². The van der Waals surface area contributed by atoms with Gasteiger partial charge in [0.25, 0.3) is 0 Å². The van der Waals surface area contributed by atoms with Gasteiger partial charge in [0.1, 0.15) is 6.10 Å². The zero-order valence-corrected chi connectivity index (χ0v) is 19.2. The molecule has 0 radical (unpaired) electrons. The molecule has 1 saturated heterocycles. The van der Waals surface area contributed by atoms with Crippen LogP contribution in [0.15, 0.2) is 72.8 Å². The number of fused-ring (bicyclic) bond motifs is 1. The van der Waals surface area contributed by atoms with Crippen molar-refractivity contribution < 1.29 is 19.0 Å². The number of carbonyl (C=O) groups is 1. The van der Waals surface area contributed by atoms with Crippen LogP contribution in [0, 0.1) is 13.8 Å². The highest BCUT2D eigenvalue weighted by atomic mass is 16.8. The molecule has 166 valence electrons. The first-order chi connectivity index (χ1) is 16.0. The topological polar surface area (TPSA) is 48.1 Å². The number of benzene rings is 4. The molecule has 0 aliphatic carbocycles. The summed E-state index contributed by atoms with van der Waals surface area (Å²) in [5.41, 5.74) is 8.21. The van der Waals surface area contributed by atoms with E-state index in [4.69, 9.17) is 14.2 Å². The van der Waals surface area contributed by atoms with E-state index in [1.807, 2.05) is 19.1 Å². The van der Waals surface area contributed by atoms with Crippen molar-refractivity contribution in [2.24, 2.45) is 0 Å². The van der Waals surface area contributed by atoms with Crippen LogP contribution in [0.5, 0.6) is 0 Å². The lowest BCUT2D eigenvalue weighted by Gasteiger charge is -2.14. The van der Waals surface area contributed by atoms with Gasteiger partial charge in [0.2, 0.25) is 0 Å². The molecule has 0 saturated carbocycles. The number of epoxide rings is 1. The SMILES string of the molecule is COC(=O)c1cc(-c2cccc3c(-c4ccc(C)c(C5OC5OC)c4)cccc23)ccc1C. The maximum Gasteiger partial charge on any atom is 0.338 e. The molecule has 1 aliphatic rings. The predicted molar refractivity (Wildman–Crippen MR) is 130 cm³/mol. The van der Waals surface area contributed by atoms with Crippen LogP contribution in [0.3, 0.4) is 0 Å². The summed E-state index contributed by atoms with van der Waals surface area (Å²) >= 11 is 0. The Morgan fingerprint density at radius 1 is 0.788 bits per heavy atom. The largest absolute Gasteiger partial charge is 0.465 e. The van der Waals surface area contributed by atoms with E-state index in [-0.39, 0.29) is 18.4 Å². The Morgan fingerprint density at radius 3 is 1.97 bits per heavy atom. The molecule has 2 unspecified atom stereocenters. The fraction of sp³-hybridized carbons (Fsp3) is 0.207. The van der Waals surface area contributed by atoms with Gasteiger partial charge < -0.3 is 14.2 Å². The van der Waals surface area contributed by atoms with Crippen molar-refractivity contribution in [3.8, 4) is 22.3 Å². The average Bonchev–Trinajstić information content (AvgIpc) is 3.63. The molecule has 1 heterocycles. The van der Waals surface area contributed by atoms with Crippen LogP contribution in [-0.4, -0.2) is 26.5 Å². The number of rotatable bonds is 5. The van der Waals surface area contributed by atoms with Crippen molar-refractivity contribution in [3.05, 3.63) is 95.1 Å². The number of esters is 1. The summed E-state index contributed by atoms with van der Waals surface area (Å²) in [5, 5.41) is 2.29. The summed E-state index contributed by atoms with van der Waals surface area (Å²) in [7, 11) is 3.09. The van der Waals surface area contributed by atoms with E-state index in [1.165, 1.54) is 12.7 Å². The van der Waals surface area contributed by atoms with Gasteiger partial charge >= 0.3 is 5.97 Å². The van der Waals surface area contributed by atoms with Crippen molar-refractivity contribution in [2.45, 2.75) is 26.2 Å². The highest BCUT2D eigenvalue weighted by molar-refractivity contribution is 6.05. The third-order valence-corrected chi connectivity index (χ3v) is 6.46. The predicted octanol–water partition coefficient (Wildman–Crippen LogP) is 6.62. The van der Waals surface area contributed by atoms with E-state index >= 15 is 0 Å². The molecule has 4 aromatic rings. The molecule has 5 rings (SSSR count).